The van der Waals surface area contributed by atoms with Crippen molar-refractivity contribution in [2.75, 3.05) is 6.54 Å². The van der Waals surface area contributed by atoms with Gasteiger partial charge >= 0.3 is 0 Å². The molecule has 0 spiro atoms. The third-order valence-electron chi connectivity index (χ3n) is 3.37. The van der Waals surface area contributed by atoms with Gasteiger partial charge in [0.05, 0.1) is 5.02 Å². The maximum Gasteiger partial charge on any atom is 0.142 e. The van der Waals surface area contributed by atoms with Gasteiger partial charge in [0.25, 0.3) is 0 Å². The SMILES string of the molecule is CCNC(Cc1cccc(F)c1Cl)c1cc(C)cc(Cl)c1. The van der Waals surface area contributed by atoms with E-state index >= 15 is 0 Å². The second-order valence-corrected chi connectivity index (χ2v) is 5.90. The Morgan fingerprint density at radius 1 is 1.19 bits per heavy atom. The number of hydrogen-bond donors (Lipinski definition) is 1. The molecule has 0 aromatic heterocycles. The van der Waals surface area contributed by atoms with Crippen molar-refractivity contribution >= 4 is 23.2 Å². The molecule has 0 bridgehead atoms. The Morgan fingerprint density at radius 3 is 2.62 bits per heavy atom. The number of halogens is 3. The summed E-state index contributed by atoms with van der Waals surface area (Å²) in [6.45, 7) is 4.86. The van der Waals surface area contributed by atoms with Gasteiger partial charge < -0.3 is 5.32 Å². The predicted octanol–water partition coefficient (Wildman–Crippen LogP) is 5.33. The van der Waals surface area contributed by atoms with Gasteiger partial charge in [0.15, 0.2) is 0 Å². The number of nitrogens with one attached hydrogen (secondary N) is 1. The molecule has 112 valence electrons. The van der Waals surface area contributed by atoms with E-state index in [1.165, 1.54) is 6.07 Å². The lowest BCUT2D eigenvalue weighted by atomic mass is 9.97. The molecular weight excluding hydrogens is 308 g/mol. The van der Waals surface area contributed by atoms with Crippen LogP contribution in [-0.4, -0.2) is 6.54 Å². The van der Waals surface area contributed by atoms with E-state index in [1.807, 2.05) is 32.0 Å². The summed E-state index contributed by atoms with van der Waals surface area (Å²) in [6.07, 6.45) is 0.615. The van der Waals surface area contributed by atoms with Gasteiger partial charge in [0.2, 0.25) is 0 Å². The van der Waals surface area contributed by atoms with E-state index in [0.717, 1.165) is 23.2 Å². The van der Waals surface area contributed by atoms with Crippen molar-refractivity contribution in [2.45, 2.75) is 26.3 Å². The fourth-order valence-corrected chi connectivity index (χ4v) is 2.95. The van der Waals surface area contributed by atoms with Crippen molar-refractivity contribution in [1.29, 1.82) is 0 Å². The highest BCUT2D eigenvalue weighted by Crippen LogP contribution is 2.27. The van der Waals surface area contributed by atoms with Gasteiger partial charge in [-0.1, -0.05) is 48.3 Å². The summed E-state index contributed by atoms with van der Waals surface area (Å²) in [5, 5.41) is 4.31. The highest BCUT2D eigenvalue weighted by Gasteiger charge is 2.15. The van der Waals surface area contributed by atoms with Crippen molar-refractivity contribution in [1.82, 2.24) is 5.32 Å². The number of benzene rings is 2. The first-order valence-electron chi connectivity index (χ1n) is 6.94. The summed E-state index contributed by atoms with van der Waals surface area (Å²) in [6, 6.07) is 10.9. The zero-order valence-electron chi connectivity index (χ0n) is 12.1. The van der Waals surface area contributed by atoms with Gasteiger partial charge in [-0.15, -0.1) is 0 Å². The highest BCUT2D eigenvalue weighted by molar-refractivity contribution is 6.31. The van der Waals surface area contributed by atoms with Gasteiger partial charge in [0, 0.05) is 11.1 Å². The molecule has 0 aliphatic heterocycles. The standard InChI is InChI=1S/C17H18Cl2FN/c1-3-21-16(13-7-11(2)8-14(18)9-13)10-12-5-4-6-15(20)17(12)19/h4-9,16,21H,3,10H2,1-2H3. The molecule has 2 aromatic carbocycles. The third-order valence-corrected chi connectivity index (χ3v) is 4.01. The van der Waals surface area contributed by atoms with Gasteiger partial charge in [-0.2, -0.15) is 0 Å². The second kappa shape index (κ2) is 7.26. The minimum absolute atomic E-state index is 0.0479. The summed E-state index contributed by atoms with van der Waals surface area (Å²) in [5.74, 6) is -0.383. The summed E-state index contributed by atoms with van der Waals surface area (Å²) in [7, 11) is 0. The van der Waals surface area contributed by atoms with E-state index in [-0.39, 0.29) is 16.9 Å². The maximum atomic E-state index is 13.6. The van der Waals surface area contributed by atoms with Gasteiger partial charge in [-0.05, 0) is 54.8 Å². The molecule has 1 nitrogen and oxygen atoms in total. The smallest absolute Gasteiger partial charge is 0.142 e. The fourth-order valence-electron chi connectivity index (χ4n) is 2.45. The van der Waals surface area contributed by atoms with Crippen LogP contribution in [-0.2, 0) is 6.42 Å². The van der Waals surface area contributed by atoms with Crippen molar-refractivity contribution < 1.29 is 4.39 Å². The molecule has 0 heterocycles. The average molecular weight is 326 g/mol. The van der Waals surface area contributed by atoms with E-state index in [1.54, 1.807) is 6.07 Å². The monoisotopic (exact) mass is 325 g/mol. The van der Waals surface area contributed by atoms with Gasteiger partial charge in [-0.3, -0.25) is 0 Å². The normalized spacial score (nSPS) is 12.4. The first-order chi connectivity index (χ1) is 10.0. The zero-order chi connectivity index (χ0) is 15.4. The zero-order valence-corrected chi connectivity index (χ0v) is 13.6. The second-order valence-electron chi connectivity index (χ2n) is 5.09. The lowest BCUT2D eigenvalue weighted by molar-refractivity contribution is 0.546. The maximum absolute atomic E-state index is 13.6. The molecule has 0 amide bonds. The number of likely N-dealkylation sites (N-methyl/N-ethyl adjacent to an activating group) is 1. The Bertz CT molecular complexity index is 608. The quantitative estimate of drug-likeness (QED) is 0.782. The molecule has 1 atom stereocenters. The lowest BCUT2D eigenvalue weighted by Crippen LogP contribution is -2.23. The van der Waals surface area contributed by atoms with Crippen LogP contribution in [0.1, 0.15) is 29.7 Å². The van der Waals surface area contributed by atoms with E-state index in [9.17, 15) is 4.39 Å². The molecule has 0 radical (unpaired) electrons. The summed E-state index contributed by atoms with van der Waals surface area (Å²) in [4.78, 5) is 0. The van der Waals surface area contributed by atoms with E-state index in [4.69, 9.17) is 23.2 Å². The average Bonchev–Trinajstić information content (AvgIpc) is 2.42. The topological polar surface area (TPSA) is 12.0 Å². The van der Waals surface area contributed by atoms with Gasteiger partial charge in [0.1, 0.15) is 5.82 Å². The summed E-state index contributed by atoms with van der Waals surface area (Å²) >= 11 is 12.2. The van der Waals surface area contributed by atoms with E-state index in [0.29, 0.717) is 11.4 Å². The van der Waals surface area contributed by atoms with Crippen LogP contribution >= 0.6 is 23.2 Å². The van der Waals surface area contributed by atoms with Crippen molar-refractivity contribution in [3.8, 4) is 0 Å². The van der Waals surface area contributed by atoms with Gasteiger partial charge in [-0.25, -0.2) is 4.39 Å². The van der Waals surface area contributed by atoms with Crippen molar-refractivity contribution in [3.05, 3.63) is 69.0 Å². The van der Waals surface area contributed by atoms with E-state index < -0.39 is 0 Å². The largest absolute Gasteiger partial charge is 0.310 e. The van der Waals surface area contributed by atoms with Crippen LogP contribution in [0.2, 0.25) is 10.0 Å². The van der Waals surface area contributed by atoms with Crippen LogP contribution in [0.15, 0.2) is 36.4 Å². The van der Waals surface area contributed by atoms with Crippen molar-refractivity contribution in [2.24, 2.45) is 0 Å². The molecule has 0 aliphatic carbocycles. The molecule has 21 heavy (non-hydrogen) atoms. The summed E-state index contributed by atoms with van der Waals surface area (Å²) < 4.78 is 13.6. The summed E-state index contributed by atoms with van der Waals surface area (Å²) in [5.41, 5.74) is 2.98. The minimum Gasteiger partial charge on any atom is -0.310 e. The number of rotatable bonds is 5. The molecule has 2 rings (SSSR count). The van der Waals surface area contributed by atoms with Crippen LogP contribution in [0.25, 0.3) is 0 Å². The molecule has 1 N–H and O–H groups in total. The highest BCUT2D eigenvalue weighted by atomic mass is 35.5. The van der Waals surface area contributed by atoms with Crippen molar-refractivity contribution in [3.63, 3.8) is 0 Å². The van der Waals surface area contributed by atoms with E-state index in [2.05, 4.69) is 11.4 Å². The van der Waals surface area contributed by atoms with Crippen LogP contribution in [0.5, 0.6) is 0 Å². The third kappa shape index (κ3) is 4.19. The van der Waals surface area contributed by atoms with Crippen LogP contribution in [0.4, 0.5) is 4.39 Å². The molecule has 1 unspecified atom stereocenters. The Balaban J connectivity index is 2.32. The first kappa shape index (κ1) is 16.3. The minimum atomic E-state index is -0.383. The first-order valence-corrected chi connectivity index (χ1v) is 7.70. The van der Waals surface area contributed by atoms with Crippen LogP contribution in [0, 0.1) is 12.7 Å². The Morgan fingerprint density at radius 2 is 1.95 bits per heavy atom. The molecule has 0 saturated carbocycles. The van der Waals surface area contributed by atoms with Crippen LogP contribution in [0.3, 0.4) is 0 Å². The molecule has 4 heteroatoms. The predicted molar refractivity (Wildman–Crippen MR) is 87.7 cm³/mol. The van der Waals surface area contributed by atoms with Crippen LogP contribution < -0.4 is 5.32 Å². The molecular formula is C17H18Cl2FN. The Labute approximate surface area is 135 Å². The molecule has 2 aromatic rings. The molecule has 0 fully saturated rings. The Kier molecular flexibility index (Phi) is 5.63. The number of hydrogen-bond acceptors (Lipinski definition) is 1. The molecule has 0 saturated heterocycles. The fraction of sp³-hybridized carbons (Fsp3) is 0.294. The Hall–Kier alpha value is -1.09. The lowest BCUT2D eigenvalue weighted by Gasteiger charge is -2.20. The number of aryl methyl sites for hydroxylation is 1. The molecule has 0 aliphatic rings.